The first-order valence-corrected chi connectivity index (χ1v) is 17.6. The van der Waals surface area contributed by atoms with E-state index in [1.54, 1.807) is 56.1 Å². The molecule has 0 atom stereocenters. The van der Waals surface area contributed by atoms with E-state index in [1.165, 1.54) is 30.3 Å². The normalized spacial score (nSPS) is 19.4. The Morgan fingerprint density at radius 3 is 2.04 bits per heavy atom. The van der Waals surface area contributed by atoms with Crippen molar-refractivity contribution in [1.82, 2.24) is 4.90 Å². The predicted molar refractivity (Wildman–Crippen MR) is 173 cm³/mol. The van der Waals surface area contributed by atoms with E-state index in [4.69, 9.17) is 12.4 Å². The number of rotatable bonds is 9. The zero-order valence-corrected chi connectivity index (χ0v) is 28.5. The van der Waals surface area contributed by atoms with Crippen LogP contribution in [-0.4, -0.2) is 52.8 Å². The Balaban J connectivity index is 1.17. The van der Waals surface area contributed by atoms with Crippen molar-refractivity contribution in [3.05, 3.63) is 93.1 Å². The van der Waals surface area contributed by atoms with E-state index in [-0.39, 0.29) is 9.48 Å². The van der Waals surface area contributed by atoms with Crippen molar-refractivity contribution in [1.29, 1.82) is 0 Å². The SMILES string of the molecule is CN(CCc1ccc(OC(F)(F)C(F)(F)I2OC(C)(C)c3ccccc32)cc1)C(=O)c1ccc(B2OC(C)(C)C(C)(C)O2)cc1. The van der Waals surface area contributed by atoms with Crippen LogP contribution < -0.4 is 10.2 Å². The molecule has 242 valence electrons. The number of nitrogens with zero attached hydrogens (tertiary/aromatic N) is 1. The first-order valence-electron chi connectivity index (χ1n) is 14.6. The number of hydrogen-bond donors (Lipinski definition) is 0. The minimum absolute atomic E-state index is 0.162. The number of carbonyl (C=O) groups is 1. The summed E-state index contributed by atoms with van der Waals surface area (Å²) in [6, 6.07) is 18.8. The number of carbonyl (C=O) groups excluding carboxylic acids is 1. The zero-order chi connectivity index (χ0) is 33.0. The van der Waals surface area contributed by atoms with Gasteiger partial charge in [-0.3, -0.25) is 0 Å². The van der Waals surface area contributed by atoms with E-state index in [9.17, 15) is 13.6 Å². The quantitative estimate of drug-likeness (QED) is 0.0990. The second-order valence-corrected chi connectivity index (χ2v) is 17.1. The number of hydrogen-bond acceptors (Lipinski definition) is 5. The molecule has 0 aromatic heterocycles. The number of fused-ring (bicyclic) bond motifs is 1. The number of halogens is 5. The molecule has 1 fully saturated rings. The van der Waals surface area contributed by atoms with Gasteiger partial charge in [0.1, 0.15) is 0 Å². The summed E-state index contributed by atoms with van der Waals surface area (Å²) in [5, 5.41) is 0. The zero-order valence-electron chi connectivity index (χ0n) is 26.3. The Hall–Kier alpha value is -2.68. The van der Waals surface area contributed by atoms with Crippen LogP contribution in [0.2, 0.25) is 0 Å². The summed E-state index contributed by atoms with van der Waals surface area (Å²) in [5.41, 5.74) is 0.486. The van der Waals surface area contributed by atoms with Gasteiger partial charge >= 0.3 is 192 Å². The minimum atomic E-state index is -4.78. The van der Waals surface area contributed by atoms with Gasteiger partial charge in [0.25, 0.3) is 0 Å². The van der Waals surface area contributed by atoms with Gasteiger partial charge < -0.3 is 9.31 Å². The average molecular weight is 741 g/mol. The third kappa shape index (κ3) is 6.48. The van der Waals surface area contributed by atoms with Crippen molar-refractivity contribution >= 4 is 38.7 Å². The Morgan fingerprint density at radius 1 is 0.867 bits per heavy atom. The summed E-state index contributed by atoms with van der Waals surface area (Å²) in [6.45, 7) is 11.4. The first-order chi connectivity index (χ1) is 20.8. The Morgan fingerprint density at radius 2 is 1.44 bits per heavy atom. The van der Waals surface area contributed by atoms with Crippen molar-refractivity contribution in [3.63, 3.8) is 0 Å². The third-order valence-corrected chi connectivity index (χ3v) is 13.9. The van der Waals surface area contributed by atoms with Crippen LogP contribution in [0.4, 0.5) is 17.6 Å². The molecule has 2 aliphatic rings. The fraction of sp³-hybridized carbons (Fsp3) is 0.424. The summed E-state index contributed by atoms with van der Waals surface area (Å²) in [4.78, 5) is 14.6. The molecule has 0 saturated carbocycles. The molecule has 0 aliphatic carbocycles. The van der Waals surface area contributed by atoms with E-state index in [2.05, 4.69) is 4.74 Å². The number of benzene rings is 3. The van der Waals surface area contributed by atoms with Gasteiger partial charge in [-0.25, -0.2) is 0 Å². The molecular weight excluding hydrogens is 704 g/mol. The number of amides is 1. The van der Waals surface area contributed by atoms with Gasteiger partial charge in [0, 0.05) is 0 Å². The van der Waals surface area contributed by atoms with Crippen molar-refractivity contribution in [3.8, 4) is 5.75 Å². The molecule has 0 bridgehead atoms. The van der Waals surface area contributed by atoms with E-state index in [1.807, 2.05) is 39.8 Å². The molecule has 1 amide bonds. The van der Waals surface area contributed by atoms with Gasteiger partial charge in [-0.2, -0.15) is 0 Å². The molecule has 0 unspecified atom stereocenters. The minimum Gasteiger partial charge on any atom is -0.399 e. The number of alkyl halides is 5. The maximum absolute atomic E-state index is 15.3. The maximum atomic E-state index is 15.3. The fourth-order valence-corrected chi connectivity index (χ4v) is 10.1. The molecule has 2 heterocycles. The third-order valence-electron chi connectivity index (χ3n) is 8.46. The summed E-state index contributed by atoms with van der Waals surface area (Å²) in [6.07, 6.45) is -4.37. The summed E-state index contributed by atoms with van der Waals surface area (Å²) in [5.74, 6) is -0.585. The van der Waals surface area contributed by atoms with Crippen molar-refractivity contribution in [2.24, 2.45) is 0 Å². The van der Waals surface area contributed by atoms with E-state index < -0.39 is 59.9 Å². The van der Waals surface area contributed by atoms with Gasteiger partial charge in [0.2, 0.25) is 0 Å². The molecule has 3 aromatic rings. The van der Waals surface area contributed by atoms with Crippen LogP contribution >= 0.6 is 20.2 Å². The Bertz CT molecular complexity index is 1530. The summed E-state index contributed by atoms with van der Waals surface area (Å²) < 4.78 is 78.6. The van der Waals surface area contributed by atoms with Gasteiger partial charge in [0.05, 0.1) is 11.2 Å². The van der Waals surface area contributed by atoms with Crippen LogP contribution in [0.1, 0.15) is 63.0 Å². The molecule has 3 aromatic carbocycles. The molecule has 1 saturated heterocycles. The number of likely N-dealkylation sites (N-methyl/N-ethyl adjacent to an activating group) is 1. The molecular formula is C33H37BF4INO5. The molecule has 6 nitrogen and oxygen atoms in total. The average Bonchev–Trinajstić information content (AvgIpc) is 3.39. The summed E-state index contributed by atoms with van der Waals surface area (Å²) in [7, 11) is 1.14. The fourth-order valence-electron chi connectivity index (χ4n) is 4.96. The van der Waals surface area contributed by atoms with Crippen LogP contribution in [0.25, 0.3) is 0 Å². The molecule has 5 rings (SSSR count). The molecule has 0 radical (unpaired) electrons. The molecule has 12 heteroatoms. The van der Waals surface area contributed by atoms with Crippen molar-refractivity contribution in [2.45, 2.75) is 74.8 Å². The van der Waals surface area contributed by atoms with E-state index in [0.29, 0.717) is 24.1 Å². The van der Waals surface area contributed by atoms with Crippen LogP contribution in [0, 0.1) is 3.57 Å². The Labute approximate surface area is 269 Å². The van der Waals surface area contributed by atoms with Crippen LogP contribution in [0.5, 0.6) is 5.75 Å². The van der Waals surface area contributed by atoms with Crippen LogP contribution in [0.3, 0.4) is 0 Å². The molecule has 45 heavy (non-hydrogen) atoms. The standard InChI is InChI=1S/C33H37BF4INO5/c1-29(2)26-10-8-9-11-27(26)39(45-29)32(35,36)33(37,38)42-25-18-12-22(13-19-25)20-21-40(7)28(41)23-14-16-24(17-15-23)34-43-30(3,4)31(5,6)44-34/h8-19H,20-21H2,1-7H3. The number of ether oxygens (including phenoxy) is 1. The van der Waals surface area contributed by atoms with Crippen molar-refractivity contribution in [2.75, 3.05) is 13.6 Å². The second-order valence-electron chi connectivity index (χ2n) is 12.8. The van der Waals surface area contributed by atoms with Gasteiger partial charge in [-0.15, -0.1) is 0 Å². The smallest absolute Gasteiger partial charge is 0.399 e. The topological polar surface area (TPSA) is 57.2 Å². The monoisotopic (exact) mass is 741 g/mol. The van der Waals surface area contributed by atoms with Crippen LogP contribution in [0.15, 0.2) is 72.8 Å². The van der Waals surface area contributed by atoms with Crippen LogP contribution in [-0.2, 0) is 24.4 Å². The summed E-state index contributed by atoms with van der Waals surface area (Å²) >= 11 is -4.15. The molecule has 0 spiro atoms. The van der Waals surface area contributed by atoms with Gasteiger partial charge in [-0.05, 0) is 45.3 Å². The van der Waals surface area contributed by atoms with Gasteiger partial charge in [-0.1, -0.05) is 12.1 Å². The second kappa shape index (κ2) is 11.8. The van der Waals surface area contributed by atoms with E-state index >= 15 is 8.78 Å². The van der Waals surface area contributed by atoms with Gasteiger partial charge in [0.15, 0.2) is 0 Å². The Kier molecular flexibility index (Phi) is 8.86. The molecule has 2 aliphatic heterocycles. The molecule has 0 N–H and O–H groups in total. The van der Waals surface area contributed by atoms with Crippen molar-refractivity contribution < 1.29 is 39.5 Å². The first kappa shape index (κ1) is 33.7. The van der Waals surface area contributed by atoms with E-state index in [0.717, 1.165) is 11.0 Å². The predicted octanol–water partition coefficient (Wildman–Crippen LogP) is 7.42.